The molecule has 2 aromatic rings. The Morgan fingerprint density at radius 1 is 1.29 bits per heavy atom. The largest absolute Gasteiger partial charge is 0.496 e. The minimum Gasteiger partial charge on any atom is -0.496 e. The van der Waals surface area contributed by atoms with E-state index in [1.54, 1.807) is 18.9 Å². The minimum atomic E-state index is -0.176. The molecule has 0 saturated heterocycles. The van der Waals surface area contributed by atoms with E-state index in [1.807, 2.05) is 42.5 Å². The number of rotatable bonds is 2. The van der Waals surface area contributed by atoms with E-state index in [-0.39, 0.29) is 11.8 Å². The van der Waals surface area contributed by atoms with Crippen LogP contribution in [0.15, 0.2) is 51.8 Å². The number of carbonyl (C=O) groups is 1. The molecule has 3 rings (SSSR count). The average molecular weight is 364 g/mol. The van der Waals surface area contributed by atoms with Crippen LogP contribution < -0.4 is 10.1 Å². The number of anilines is 1. The van der Waals surface area contributed by atoms with E-state index < -0.39 is 0 Å². The van der Waals surface area contributed by atoms with Gasteiger partial charge in [-0.2, -0.15) is 0 Å². The maximum atomic E-state index is 12.5. The first-order chi connectivity index (χ1) is 10.2. The van der Waals surface area contributed by atoms with Crippen LogP contribution >= 0.6 is 27.7 Å². The van der Waals surface area contributed by atoms with Gasteiger partial charge in [-0.15, -0.1) is 11.8 Å². The molecule has 0 aromatic heterocycles. The quantitative estimate of drug-likeness (QED) is 0.864. The van der Waals surface area contributed by atoms with Crippen LogP contribution in [0.25, 0.3) is 0 Å². The van der Waals surface area contributed by atoms with Gasteiger partial charge in [0.1, 0.15) is 5.75 Å². The lowest BCUT2D eigenvalue weighted by atomic mass is 10.00. The topological polar surface area (TPSA) is 38.3 Å². The molecule has 0 aliphatic carbocycles. The fourth-order valence-corrected chi connectivity index (χ4v) is 4.01. The Balaban J connectivity index is 1.90. The monoisotopic (exact) mass is 363 g/mol. The van der Waals surface area contributed by atoms with Gasteiger partial charge in [0.25, 0.3) is 0 Å². The molecule has 0 spiro atoms. The van der Waals surface area contributed by atoms with E-state index >= 15 is 0 Å². The number of para-hydroxylation sites is 1. The zero-order valence-electron chi connectivity index (χ0n) is 11.4. The van der Waals surface area contributed by atoms with Gasteiger partial charge in [0.05, 0.1) is 23.2 Å². The zero-order chi connectivity index (χ0) is 14.8. The summed E-state index contributed by atoms with van der Waals surface area (Å²) >= 11 is 5.18. The first-order valence-corrected chi connectivity index (χ1v) is 8.33. The second-order valence-electron chi connectivity index (χ2n) is 4.74. The summed E-state index contributed by atoms with van der Waals surface area (Å²) in [6.07, 6.45) is 0. The van der Waals surface area contributed by atoms with Gasteiger partial charge < -0.3 is 10.1 Å². The fourth-order valence-electron chi connectivity index (χ4n) is 2.31. The lowest BCUT2D eigenvalue weighted by Crippen LogP contribution is -2.21. The zero-order valence-corrected chi connectivity index (χ0v) is 13.8. The first-order valence-electron chi connectivity index (χ1n) is 6.55. The SMILES string of the molecule is COc1ccc(C2CSc3ccccc3NC2=O)cc1Br. The molecule has 1 aliphatic heterocycles. The van der Waals surface area contributed by atoms with Crippen LogP contribution in [-0.2, 0) is 4.79 Å². The smallest absolute Gasteiger partial charge is 0.232 e. The number of fused-ring (bicyclic) bond motifs is 1. The van der Waals surface area contributed by atoms with Crippen LogP contribution in [0.1, 0.15) is 11.5 Å². The van der Waals surface area contributed by atoms with Gasteiger partial charge in [0.2, 0.25) is 5.91 Å². The molecule has 0 fully saturated rings. The van der Waals surface area contributed by atoms with Crippen molar-refractivity contribution in [2.24, 2.45) is 0 Å². The number of methoxy groups -OCH3 is 1. The third-order valence-corrected chi connectivity index (χ3v) is 5.23. The highest BCUT2D eigenvalue weighted by Gasteiger charge is 2.25. The summed E-state index contributed by atoms with van der Waals surface area (Å²) in [6.45, 7) is 0. The van der Waals surface area contributed by atoms with Crippen molar-refractivity contribution in [3.63, 3.8) is 0 Å². The van der Waals surface area contributed by atoms with E-state index in [9.17, 15) is 4.79 Å². The van der Waals surface area contributed by atoms with Crippen molar-refractivity contribution < 1.29 is 9.53 Å². The van der Waals surface area contributed by atoms with Crippen LogP contribution in [0.5, 0.6) is 5.75 Å². The Labute approximate surface area is 136 Å². The van der Waals surface area contributed by atoms with Gasteiger partial charge in [0, 0.05) is 10.6 Å². The molecule has 1 aliphatic rings. The predicted octanol–water partition coefficient (Wildman–Crippen LogP) is 4.29. The lowest BCUT2D eigenvalue weighted by molar-refractivity contribution is -0.117. The molecule has 3 nitrogen and oxygen atoms in total. The Kier molecular flexibility index (Phi) is 4.22. The van der Waals surface area contributed by atoms with Gasteiger partial charge in [-0.3, -0.25) is 4.79 Å². The number of hydrogen-bond acceptors (Lipinski definition) is 3. The number of carbonyl (C=O) groups excluding carboxylic acids is 1. The highest BCUT2D eigenvalue weighted by atomic mass is 79.9. The van der Waals surface area contributed by atoms with E-state index in [0.29, 0.717) is 0 Å². The molecule has 1 unspecified atom stereocenters. The molecule has 1 N–H and O–H groups in total. The minimum absolute atomic E-state index is 0.0320. The Morgan fingerprint density at radius 3 is 2.86 bits per heavy atom. The van der Waals surface area contributed by atoms with Gasteiger partial charge in [0.15, 0.2) is 0 Å². The van der Waals surface area contributed by atoms with Crippen molar-refractivity contribution in [1.82, 2.24) is 0 Å². The molecule has 0 bridgehead atoms. The van der Waals surface area contributed by atoms with E-state index in [2.05, 4.69) is 21.2 Å². The summed E-state index contributed by atoms with van der Waals surface area (Å²) in [5.74, 6) is 1.35. The molecule has 0 saturated carbocycles. The number of hydrogen-bond donors (Lipinski definition) is 1. The van der Waals surface area contributed by atoms with Gasteiger partial charge in [-0.05, 0) is 45.8 Å². The van der Waals surface area contributed by atoms with Crippen molar-refractivity contribution in [2.45, 2.75) is 10.8 Å². The van der Waals surface area contributed by atoms with Crippen molar-refractivity contribution in [3.05, 3.63) is 52.5 Å². The molecule has 0 radical (unpaired) electrons. The third kappa shape index (κ3) is 2.94. The van der Waals surface area contributed by atoms with Gasteiger partial charge in [-0.25, -0.2) is 0 Å². The predicted molar refractivity (Wildman–Crippen MR) is 89.2 cm³/mol. The normalized spacial score (nSPS) is 17.6. The molecule has 1 heterocycles. The number of ether oxygens (including phenoxy) is 1. The van der Waals surface area contributed by atoms with Crippen molar-refractivity contribution in [1.29, 1.82) is 0 Å². The molecular weight excluding hydrogens is 350 g/mol. The number of amides is 1. The molecule has 1 amide bonds. The lowest BCUT2D eigenvalue weighted by Gasteiger charge is -2.14. The van der Waals surface area contributed by atoms with E-state index in [0.717, 1.165) is 32.1 Å². The van der Waals surface area contributed by atoms with Crippen LogP contribution in [0.3, 0.4) is 0 Å². The van der Waals surface area contributed by atoms with Crippen LogP contribution in [-0.4, -0.2) is 18.8 Å². The average Bonchev–Trinajstić information content (AvgIpc) is 2.65. The van der Waals surface area contributed by atoms with E-state index in [1.165, 1.54) is 0 Å². The summed E-state index contributed by atoms with van der Waals surface area (Å²) in [6, 6.07) is 13.7. The highest BCUT2D eigenvalue weighted by Crippen LogP contribution is 2.37. The molecule has 21 heavy (non-hydrogen) atoms. The second-order valence-corrected chi connectivity index (χ2v) is 6.66. The van der Waals surface area contributed by atoms with Gasteiger partial charge in [-0.1, -0.05) is 18.2 Å². The fraction of sp³-hybridized carbons (Fsp3) is 0.188. The summed E-state index contributed by atoms with van der Waals surface area (Å²) in [5.41, 5.74) is 1.88. The van der Waals surface area contributed by atoms with Gasteiger partial charge >= 0.3 is 0 Å². The number of halogens is 1. The summed E-state index contributed by atoms with van der Waals surface area (Å²) in [4.78, 5) is 13.6. The summed E-state index contributed by atoms with van der Waals surface area (Å²) in [5, 5.41) is 3.01. The molecule has 2 aromatic carbocycles. The molecule has 1 atom stereocenters. The summed E-state index contributed by atoms with van der Waals surface area (Å²) in [7, 11) is 1.63. The highest BCUT2D eigenvalue weighted by molar-refractivity contribution is 9.10. The Hall–Kier alpha value is -1.46. The van der Waals surface area contributed by atoms with Crippen LogP contribution in [0.4, 0.5) is 5.69 Å². The van der Waals surface area contributed by atoms with Crippen molar-refractivity contribution >= 4 is 39.3 Å². The maximum absolute atomic E-state index is 12.5. The number of benzene rings is 2. The summed E-state index contributed by atoms with van der Waals surface area (Å²) < 4.78 is 6.10. The number of nitrogens with one attached hydrogen (secondary N) is 1. The molecule has 108 valence electrons. The molecular formula is C16H14BrNO2S. The van der Waals surface area contributed by atoms with Crippen molar-refractivity contribution in [3.8, 4) is 5.75 Å². The van der Waals surface area contributed by atoms with E-state index in [4.69, 9.17) is 4.74 Å². The van der Waals surface area contributed by atoms with Crippen molar-refractivity contribution in [2.75, 3.05) is 18.2 Å². The second kappa shape index (κ2) is 6.12. The Morgan fingerprint density at radius 2 is 2.10 bits per heavy atom. The van der Waals surface area contributed by atoms with Crippen LogP contribution in [0.2, 0.25) is 0 Å². The molecule has 5 heteroatoms. The maximum Gasteiger partial charge on any atom is 0.232 e. The van der Waals surface area contributed by atoms with Crippen LogP contribution in [0, 0.1) is 0 Å². The third-order valence-electron chi connectivity index (χ3n) is 3.45. The number of thioether (sulfide) groups is 1. The first kappa shape index (κ1) is 14.5. The standard InChI is InChI=1S/C16H14BrNO2S/c1-20-14-7-6-10(8-12(14)17)11-9-21-15-5-3-2-4-13(15)18-16(11)19/h2-8,11H,9H2,1H3,(H,18,19). The Bertz CT molecular complexity index is 690.